The van der Waals surface area contributed by atoms with Crippen molar-refractivity contribution in [1.29, 1.82) is 5.41 Å². The lowest BCUT2D eigenvalue weighted by Gasteiger charge is -2.14. The van der Waals surface area contributed by atoms with Crippen LogP contribution in [0, 0.1) is 17.0 Å². The van der Waals surface area contributed by atoms with E-state index < -0.39 is 44.4 Å². The molecule has 0 atom stereocenters. The third-order valence-electron chi connectivity index (χ3n) is 5.41. The van der Waals surface area contributed by atoms with Crippen LogP contribution in [-0.2, 0) is 10.0 Å². The number of allylic oxidation sites excluding steroid dienone is 1. The molecule has 4 N–H and O–H groups in total. The highest BCUT2D eigenvalue weighted by Gasteiger charge is 2.30. The van der Waals surface area contributed by atoms with Crippen LogP contribution >= 0.6 is 0 Å². The van der Waals surface area contributed by atoms with Crippen LogP contribution in [0.1, 0.15) is 20.7 Å². The topological polar surface area (TPSA) is 131 Å². The van der Waals surface area contributed by atoms with Gasteiger partial charge in [0.25, 0.3) is 10.0 Å². The lowest BCUT2D eigenvalue weighted by Crippen LogP contribution is -2.36. The largest absolute Gasteiger partial charge is 0.339 e. The average molecular weight is 540 g/mol. The van der Waals surface area contributed by atoms with Crippen molar-refractivity contribution in [3.63, 3.8) is 0 Å². The summed E-state index contributed by atoms with van der Waals surface area (Å²) in [6.45, 7) is 0.0324. The molecule has 12 heteroatoms. The Bertz CT molecular complexity index is 1560. The van der Waals surface area contributed by atoms with Crippen LogP contribution in [0.2, 0.25) is 0 Å². The number of nitrogens with zero attached hydrogens (tertiary/aromatic N) is 1. The van der Waals surface area contributed by atoms with E-state index in [1.54, 1.807) is 43.3 Å². The summed E-state index contributed by atoms with van der Waals surface area (Å²) in [6.07, 6.45) is 0. The molecule has 0 amide bonds. The minimum Gasteiger partial charge on any atom is -0.339 e. The number of ketones is 2. The SMILES string of the molecule is CN(C)CC(=N)NS(=O)(=O)c1cccc(C(=O)C(C(=O)c2cc(F)cc(F)c2)=C2Nc3ccccc3N2)c1. The molecule has 1 aliphatic rings. The van der Waals surface area contributed by atoms with Crippen LogP contribution in [0.4, 0.5) is 20.2 Å². The Labute approximate surface area is 217 Å². The Morgan fingerprint density at radius 1 is 0.868 bits per heavy atom. The lowest BCUT2D eigenvalue weighted by molar-refractivity contribution is 0.0960. The molecule has 0 saturated heterocycles. The second-order valence-electron chi connectivity index (χ2n) is 8.71. The molecule has 0 aromatic heterocycles. The number of hydrogen-bond acceptors (Lipinski definition) is 8. The molecule has 3 aromatic carbocycles. The predicted molar refractivity (Wildman–Crippen MR) is 139 cm³/mol. The van der Waals surface area contributed by atoms with Gasteiger partial charge in [-0.1, -0.05) is 24.3 Å². The first-order valence-corrected chi connectivity index (χ1v) is 12.7. The number of likely N-dealkylation sites (N-methyl/N-ethyl adjacent to an activating group) is 1. The smallest absolute Gasteiger partial charge is 0.262 e. The van der Waals surface area contributed by atoms with Gasteiger partial charge in [-0.05, 0) is 50.5 Å². The van der Waals surface area contributed by atoms with Crippen molar-refractivity contribution < 1.29 is 26.8 Å². The molecule has 0 spiro atoms. The van der Waals surface area contributed by atoms with Gasteiger partial charge in [0.2, 0.25) is 11.6 Å². The number of fused-ring (bicyclic) bond motifs is 1. The lowest BCUT2D eigenvalue weighted by atomic mass is 9.95. The number of carbonyl (C=O) groups is 2. The molecule has 9 nitrogen and oxygen atoms in total. The highest BCUT2D eigenvalue weighted by molar-refractivity contribution is 7.90. The number of carbonyl (C=O) groups excluding carboxylic acids is 2. The van der Waals surface area contributed by atoms with Crippen molar-refractivity contribution in [2.45, 2.75) is 4.90 Å². The summed E-state index contributed by atoms with van der Waals surface area (Å²) in [5, 5.41) is 13.7. The van der Waals surface area contributed by atoms with Gasteiger partial charge in [-0.2, -0.15) is 0 Å². The van der Waals surface area contributed by atoms with Crippen molar-refractivity contribution in [3.05, 3.63) is 101 Å². The fourth-order valence-corrected chi connectivity index (χ4v) is 4.85. The first-order chi connectivity index (χ1) is 17.9. The fraction of sp³-hybridized carbons (Fsp3) is 0.115. The van der Waals surface area contributed by atoms with Crippen LogP contribution in [0.15, 0.2) is 83.0 Å². The third-order valence-corrected chi connectivity index (χ3v) is 6.80. The van der Waals surface area contributed by atoms with E-state index in [1.165, 1.54) is 18.2 Å². The van der Waals surface area contributed by atoms with E-state index >= 15 is 0 Å². The molecule has 1 aliphatic heterocycles. The number of sulfonamides is 1. The molecule has 38 heavy (non-hydrogen) atoms. The summed E-state index contributed by atoms with van der Waals surface area (Å²) in [5.41, 5.74) is 0.0748. The molecule has 1 heterocycles. The van der Waals surface area contributed by atoms with Gasteiger partial charge in [-0.3, -0.25) is 19.7 Å². The van der Waals surface area contributed by atoms with E-state index in [2.05, 4.69) is 15.4 Å². The van der Waals surface area contributed by atoms with Crippen molar-refractivity contribution >= 4 is 38.8 Å². The van der Waals surface area contributed by atoms with Crippen LogP contribution < -0.4 is 15.4 Å². The van der Waals surface area contributed by atoms with Gasteiger partial charge >= 0.3 is 0 Å². The van der Waals surface area contributed by atoms with Gasteiger partial charge in [-0.15, -0.1) is 0 Å². The quantitative estimate of drug-likeness (QED) is 0.0859. The Balaban J connectivity index is 1.76. The number of hydrogen-bond donors (Lipinski definition) is 4. The minimum absolute atomic E-state index is 0.0231. The van der Waals surface area contributed by atoms with E-state index in [9.17, 15) is 26.8 Å². The van der Waals surface area contributed by atoms with Crippen molar-refractivity contribution in [2.24, 2.45) is 0 Å². The van der Waals surface area contributed by atoms with Crippen LogP contribution in [0.5, 0.6) is 0 Å². The zero-order valence-corrected chi connectivity index (χ0v) is 21.1. The number of halogens is 2. The number of amidine groups is 1. The maximum absolute atomic E-state index is 13.9. The molecule has 196 valence electrons. The molecule has 0 saturated carbocycles. The summed E-state index contributed by atoms with van der Waals surface area (Å²) in [6, 6.07) is 14.0. The van der Waals surface area contributed by atoms with Gasteiger partial charge in [0.15, 0.2) is 0 Å². The van der Waals surface area contributed by atoms with E-state index in [1.807, 2.05) is 0 Å². The summed E-state index contributed by atoms with van der Waals surface area (Å²) < 4.78 is 55.6. The molecule has 0 fully saturated rings. The van der Waals surface area contributed by atoms with Crippen molar-refractivity contribution in [2.75, 3.05) is 31.3 Å². The number of benzene rings is 3. The summed E-state index contributed by atoms with van der Waals surface area (Å²) in [7, 11) is -0.881. The highest BCUT2D eigenvalue weighted by atomic mass is 32.2. The van der Waals surface area contributed by atoms with Crippen LogP contribution in [0.3, 0.4) is 0 Å². The second kappa shape index (κ2) is 10.5. The zero-order valence-electron chi connectivity index (χ0n) is 20.3. The number of nitrogens with one attached hydrogen (secondary N) is 4. The number of para-hydroxylation sites is 2. The van der Waals surface area contributed by atoms with E-state index in [0.29, 0.717) is 17.4 Å². The molecular formula is C26H23F2N5O4S. The van der Waals surface area contributed by atoms with E-state index in [0.717, 1.165) is 18.2 Å². The summed E-state index contributed by atoms with van der Waals surface area (Å²) in [5.74, 6) is -4.17. The Morgan fingerprint density at radius 3 is 2.03 bits per heavy atom. The maximum atomic E-state index is 13.9. The van der Waals surface area contributed by atoms with Gasteiger partial charge in [-0.25, -0.2) is 17.2 Å². The maximum Gasteiger partial charge on any atom is 0.262 e. The Kier molecular flexibility index (Phi) is 7.37. The monoisotopic (exact) mass is 539 g/mol. The molecule has 0 unspecified atom stereocenters. The van der Waals surface area contributed by atoms with Crippen LogP contribution in [0.25, 0.3) is 0 Å². The summed E-state index contributed by atoms with van der Waals surface area (Å²) in [4.78, 5) is 28.5. The first kappa shape index (κ1) is 26.6. The van der Waals surface area contributed by atoms with Gasteiger partial charge in [0.05, 0.1) is 22.8 Å². The second-order valence-corrected chi connectivity index (χ2v) is 10.4. The van der Waals surface area contributed by atoms with E-state index in [4.69, 9.17) is 5.41 Å². The normalized spacial score (nSPS) is 12.4. The minimum atomic E-state index is -4.22. The average Bonchev–Trinajstić information content (AvgIpc) is 3.26. The third kappa shape index (κ3) is 5.76. The standard InChI is InChI=1S/C26H23F2N5O4S/c1-33(2)14-22(29)32-38(36,37)19-7-5-6-15(12-19)24(34)23(25(35)16-10-17(27)13-18(28)11-16)26-30-20-8-3-4-9-21(20)31-26/h3-13,30-31H,14H2,1-2H3,(H2,29,32). The predicted octanol–water partition coefficient (Wildman–Crippen LogP) is 3.60. The highest BCUT2D eigenvalue weighted by Crippen LogP contribution is 2.33. The molecule has 0 aliphatic carbocycles. The molecule has 3 aromatic rings. The van der Waals surface area contributed by atoms with Gasteiger partial charge in [0.1, 0.15) is 28.9 Å². The first-order valence-electron chi connectivity index (χ1n) is 11.2. The van der Waals surface area contributed by atoms with Crippen molar-refractivity contribution in [3.8, 4) is 0 Å². The van der Waals surface area contributed by atoms with E-state index in [-0.39, 0.29) is 28.7 Å². The number of rotatable bonds is 8. The number of anilines is 2. The summed E-state index contributed by atoms with van der Waals surface area (Å²) >= 11 is 0. The molecule has 4 rings (SSSR count). The number of Topliss-reactive ketones (excluding diaryl/α,β-unsaturated/α-hetero) is 2. The molecular weight excluding hydrogens is 516 g/mol. The van der Waals surface area contributed by atoms with Crippen molar-refractivity contribution in [1.82, 2.24) is 9.62 Å². The van der Waals surface area contributed by atoms with Crippen LogP contribution in [-0.4, -0.2) is 51.4 Å². The van der Waals surface area contributed by atoms with Gasteiger partial charge < -0.3 is 15.5 Å². The fourth-order valence-electron chi connectivity index (χ4n) is 3.80. The Hall–Kier alpha value is -4.42. The van der Waals surface area contributed by atoms with Gasteiger partial charge in [0, 0.05) is 17.2 Å². The molecule has 0 bridgehead atoms. The zero-order chi connectivity index (χ0) is 27.6. The Morgan fingerprint density at radius 2 is 1.45 bits per heavy atom. The molecule has 0 radical (unpaired) electrons.